The Balaban J connectivity index is 1.70. The molecule has 0 fully saturated rings. The largest absolute Gasteiger partial charge is 0.394 e. The van der Waals surface area contributed by atoms with Crippen molar-refractivity contribution in [1.82, 2.24) is 9.97 Å². The van der Waals surface area contributed by atoms with Crippen LogP contribution in [-0.2, 0) is 18.6 Å². The molecule has 1 aliphatic carbocycles. The topological polar surface area (TPSA) is 58.0 Å². The first-order valence-electron chi connectivity index (χ1n) is 9.11. The molecule has 0 bridgehead atoms. The van der Waals surface area contributed by atoms with Crippen LogP contribution < -0.4 is 5.32 Å². The number of hydrogen-bond acceptors (Lipinski definition) is 6. The predicted molar refractivity (Wildman–Crippen MR) is 110 cm³/mol. The average Bonchev–Trinajstić information content (AvgIpc) is 3.05. The number of thiophene rings is 1. The van der Waals surface area contributed by atoms with Gasteiger partial charge in [0, 0.05) is 16.7 Å². The van der Waals surface area contributed by atoms with E-state index in [9.17, 15) is 5.11 Å². The first-order chi connectivity index (χ1) is 12.7. The van der Waals surface area contributed by atoms with Gasteiger partial charge in [0.05, 0.1) is 12.0 Å². The first-order valence-corrected chi connectivity index (χ1v) is 10.9. The molecule has 1 atom stereocenters. The lowest BCUT2D eigenvalue weighted by molar-refractivity contribution is 0.281. The van der Waals surface area contributed by atoms with Gasteiger partial charge in [0.2, 0.25) is 0 Å². The number of aliphatic hydroxyl groups excluding tert-OH is 1. The number of aliphatic hydroxyl groups is 1. The maximum atomic E-state index is 9.47. The molecule has 0 aliphatic heterocycles. The molecule has 4 rings (SSSR count). The van der Waals surface area contributed by atoms with Crippen molar-refractivity contribution in [2.45, 2.75) is 49.6 Å². The lowest BCUT2D eigenvalue weighted by Gasteiger charge is -2.16. The highest BCUT2D eigenvalue weighted by Crippen LogP contribution is 2.39. The molecule has 2 heterocycles. The molecule has 136 valence electrons. The summed E-state index contributed by atoms with van der Waals surface area (Å²) < 4.78 is 0. The molecular weight excluding hydrogens is 362 g/mol. The van der Waals surface area contributed by atoms with E-state index in [4.69, 9.17) is 9.97 Å². The van der Waals surface area contributed by atoms with Crippen molar-refractivity contribution in [3.8, 4) is 0 Å². The van der Waals surface area contributed by atoms with Crippen LogP contribution in [0.4, 0.5) is 5.82 Å². The molecule has 1 aliphatic rings. The molecule has 0 amide bonds. The number of fused-ring (bicyclic) bond motifs is 3. The normalized spacial score (nSPS) is 15.0. The van der Waals surface area contributed by atoms with Crippen LogP contribution in [0.1, 0.15) is 35.8 Å². The van der Waals surface area contributed by atoms with Crippen LogP contribution in [0.2, 0.25) is 0 Å². The predicted octanol–water partition coefficient (Wildman–Crippen LogP) is 4.66. The lowest BCUT2D eigenvalue weighted by Crippen LogP contribution is -2.20. The van der Waals surface area contributed by atoms with Crippen molar-refractivity contribution >= 4 is 39.1 Å². The van der Waals surface area contributed by atoms with Crippen LogP contribution in [0.15, 0.2) is 35.5 Å². The third kappa shape index (κ3) is 3.72. The van der Waals surface area contributed by atoms with Crippen LogP contribution in [-0.4, -0.2) is 27.7 Å². The number of nitrogens with zero attached hydrogens (tertiary/aromatic N) is 2. The Morgan fingerprint density at radius 1 is 1.19 bits per heavy atom. The van der Waals surface area contributed by atoms with Gasteiger partial charge in [-0.3, -0.25) is 0 Å². The number of thioether (sulfide) groups is 1. The fourth-order valence-electron chi connectivity index (χ4n) is 3.31. The van der Waals surface area contributed by atoms with E-state index < -0.39 is 0 Å². The zero-order valence-corrected chi connectivity index (χ0v) is 16.5. The highest BCUT2D eigenvalue weighted by atomic mass is 32.2. The standard InChI is InChI=1S/C20H23N3OS2/c1-13(11-24)21-18-17-15-9-5-6-10-16(15)26-19(17)23-20(22-18)25-12-14-7-3-2-4-8-14/h2-4,7-8,13,24H,5-6,9-12H2,1H3,(H,21,22,23)/t13-/m0/s1. The average molecular weight is 386 g/mol. The van der Waals surface area contributed by atoms with E-state index in [-0.39, 0.29) is 12.6 Å². The summed E-state index contributed by atoms with van der Waals surface area (Å²) in [6.45, 7) is 2.06. The summed E-state index contributed by atoms with van der Waals surface area (Å²) >= 11 is 3.48. The monoisotopic (exact) mass is 385 g/mol. The van der Waals surface area contributed by atoms with Gasteiger partial charge in [-0.25, -0.2) is 9.97 Å². The molecule has 3 aromatic rings. The number of anilines is 1. The van der Waals surface area contributed by atoms with E-state index in [1.165, 1.54) is 34.2 Å². The Kier molecular flexibility index (Phi) is 5.43. The van der Waals surface area contributed by atoms with Crippen molar-refractivity contribution in [2.75, 3.05) is 11.9 Å². The summed E-state index contributed by atoms with van der Waals surface area (Å²) in [4.78, 5) is 12.2. The lowest BCUT2D eigenvalue weighted by atomic mass is 9.97. The molecule has 0 saturated heterocycles. The summed E-state index contributed by atoms with van der Waals surface area (Å²) in [5, 5.41) is 14.8. The number of aromatic nitrogens is 2. The maximum absolute atomic E-state index is 9.47. The van der Waals surface area contributed by atoms with Gasteiger partial charge in [0.25, 0.3) is 0 Å². The first kappa shape index (κ1) is 17.8. The van der Waals surface area contributed by atoms with Crippen molar-refractivity contribution in [3.63, 3.8) is 0 Å². The highest BCUT2D eigenvalue weighted by Gasteiger charge is 2.22. The molecule has 4 nitrogen and oxygen atoms in total. The van der Waals surface area contributed by atoms with E-state index in [1.54, 1.807) is 11.8 Å². The molecular formula is C20H23N3OS2. The van der Waals surface area contributed by atoms with Gasteiger partial charge in [0.1, 0.15) is 10.6 Å². The molecule has 6 heteroatoms. The molecule has 0 spiro atoms. The highest BCUT2D eigenvalue weighted by molar-refractivity contribution is 7.98. The number of rotatable bonds is 6. The van der Waals surface area contributed by atoms with E-state index in [0.29, 0.717) is 0 Å². The summed E-state index contributed by atoms with van der Waals surface area (Å²) in [6, 6.07) is 10.4. The second-order valence-electron chi connectivity index (χ2n) is 6.75. The maximum Gasteiger partial charge on any atom is 0.191 e. The second-order valence-corrected chi connectivity index (χ2v) is 8.77. The van der Waals surface area contributed by atoms with Crippen molar-refractivity contribution in [1.29, 1.82) is 0 Å². The Bertz CT molecular complexity index is 895. The van der Waals surface area contributed by atoms with Gasteiger partial charge in [-0.15, -0.1) is 11.3 Å². The van der Waals surface area contributed by atoms with Gasteiger partial charge in [-0.05, 0) is 43.7 Å². The minimum Gasteiger partial charge on any atom is -0.394 e. The van der Waals surface area contributed by atoms with Crippen molar-refractivity contribution in [2.24, 2.45) is 0 Å². The fraction of sp³-hybridized carbons (Fsp3) is 0.400. The van der Waals surface area contributed by atoms with Gasteiger partial charge < -0.3 is 10.4 Å². The summed E-state index contributed by atoms with van der Waals surface area (Å²) in [7, 11) is 0. The number of nitrogens with one attached hydrogen (secondary N) is 1. The van der Waals surface area contributed by atoms with Gasteiger partial charge >= 0.3 is 0 Å². The van der Waals surface area contributed by atoms with Crippen LogP contribution in [0.5, 0.6) is 0 Å². The zero-order chi connectivity index (χ0) is 17.9. The van der Waals surface area contributed by atoms with Crippen LogP contribution in [0.25, 0.3) is 10.2 Å². The van der Waals surface area contributed by atoms with E-state index >= 15 is 0 Å². The van der Waals surface area contributed by atoms with Gasteiger partial charge in [0.15, 0.2) is 5.16 Å². The van der Waals surface area contributed by atoms with Gasteiger partial charge in [-0.1, -0.05) is 42.1 Å². The Hall–Kier alpha value is -1.63. The Morgan fingerprint density at radius 3 is 2.81 bits per heavy atom. The van der Waals surface area contributed by atoms with Crippen LogP contribution in [0, 0.1) is 0 Å². The fourth-order valence-corrected chi connectivity index (χ4v) is 5.43. The van der Waals surface area contributed by atoms with E-state index in [2.05, 4.69) is 29.6 Å². The second kappa shape index (κ2) is 7.94. The quantitative estimate of drug-likeness (QED) is 0.478. The molecule has 0 radical (unpaired) electrons. The third-order valence-electron chi connectivity index (χ3n) is 4.66. The summed E-state index contributed by atoms with van der Waals surface area (Å²) in [5.74, 6) is 1.73. The van der Waals surface area contributed by atoms with Crippen LogP contribution >= 0.6 is 23.1 Å². The summed E-state index contributed by atoms with van der Waals surface area (Å²) in [6.07, 6.45) is 4.76. The third-order valence-corrected chi connectivity index (χ3v) is 6.77. The smallest absolute Gasteiger partial charge is 0.191 e. The zero-order valence-electron chi connectivity index (χ0n) is 14.9. The number of hydrogen-bond donors (Lipinski definition) is 2. The molecule has 2 aromatic heterocycles. The number of aryl methyl sites for hydroxylation is 2. The molecule has 1 aromatic carbocycles. The Labute approximate surface area is 162 Å². The number of benzene rings is 1. The van der Waals surface area contributed by atoms with Crippen molar-refractivity contribution in [3.05, 3.63) is 46.3 Å². The molecule has 0 saturated carbocycles. The van der Waals surface area contributed by atoms with Crippen LogP contribution in [0.3, 0.4) is 0 Å². The minimum atomic E-state index is -0.0285. The Morgan fingerprint density at radius 2 is 2.00 bits per heavy atom. The molecule has 2 N–H and O–H groups in total. The van der Waals surface area contributed by atoms with Crippen molar-refractivity contribution < 1.29 is 5.11 Å². The minimum absolute atomic E-state index is 0.0285. The molecule has 0 unspecified atom stereocenters. The van der Waals surface area contributed by atoms with E-state index in [0.717, 1.165) is 34.4 Å². The molecule has 26 heavy (non-hydrogen) atoms. The summed E-state index contributed by atoms with van der Waals surface area (Å²) in [5.41, 5.74) is 2.69. The SMILES string of the molecule is C[C@@H](CO)Nc1nc(SCc2ccccc2)nc2sc3c(c12)CCCC3. The van der Waals surface area contributed by atoms with Gasteiger partial charge in [-0.2, -0.15) is 0 Å². The van der Waals surface area contributed by atoms with E-state index in [1.807, 2.05) is 24.3 Å².